The van der Waals surface area contributed by atoms with E-state index in [1.165, 1.54) is 31.6 Å². The summed E-state index contributed by atoms with van der Waals surface area (Å²) in [6.45, 7) is 4.51. The Morgan fingerprint density at radius 3 is 1.46 bits per heavy atom. The van der Waals surface area contributed by atoms with Crippen LogP contribution >= 0.6 is 0 Å². The molecule has 0 aromatic carbocycles. The number of carboxylic acid groups (broad SMARTS) is 2. The van der Waals surface area contributed by atoms with Gasteiger partial charge in [0, 0.05) is 0 Å². The molecule has 0 bridgehead atoms. The first kappa shape index (κ1) is 15.4. The Kier molecular flexibility index (Phi) is 11.9. The summed E-state index contributed by atoms with van der Waals surface area (Å²) in [4.78, 5) is 19.3. The topological polar surface area (TPSA) is 74.6 Å². The van der Waals surface area contributed by atoms with Gasteiger partial charge in [0.1, 0.15) is 0 Å². The van der Waals surface area contributed by atoms with E-state index in [1.807, 2.05) is 0 Å². The monoisotopic (exact) mass is 198 g/mol. The second-order valence-corrected chi connectivity index (χ2v) is 3.91. The Balaban J connectivity index is 0. The summed E-state index contributed by atoms with van der Waals surface area (Å²) in [5.41, 5.74) is 0. The van der Waals surface area contributed by atoms with E-state index in [9.17, 15) is 9.59 Å². The van der Waals surface area contributed by atoms with Crippen LogP contribution < -0.4 is 0 Å². The molecular formula is C8H15NaO4. The summed E-state index contributed by atoms with van der Waals surface area (Å²) in [6.07, 6.45) is -0.593. The molecule has 0 amide bonds. The summed E-state index contributed by atoms with van der Waals surface area (Å²) in [6, 6.07) is 0. The number of hydrogen-bond donors (Lipinski definition) is 2. The molecule has 4 nitrogen and oxygen atoms in total. The van der Waals surface area contributed by atoms with Crippen molar-refractivity contribution in [3.8, 4) is 0 Å². The van der Waals surface area contributed by atoms with E-state index in [0.29, 0.717) is 0 Å². The molecule has 0 fully saturated rings. The van der Waals surface area contributed by atoms with E-state index in [4.69, 9.17) is 10.2 Å². The number of carboxylic acids is 2. The van der Waals surface area contributed by atoms with Crippen LogP contribution in [0.25, 0.3) is 0 Å². The largest absolute Gasteiger partial charge is 0.481 e. The fourth-order valence-electron chi connectivity index (χ4n) is 0.214. The zero-order valence-corrected chi connectivity index (χ0v) is 10.4. The predicted molar refractivity (Wildman–Crippen MR) is 49.9 cm³/mol. The third-order valence-corrected chi connectivity index (χ3v) is 3.00. The van der Waals surface area contributed by atoms with Crippen molar-refractivity contribution in [3.63, 3.8) is 0 Å². The zero-order chi connectivity index (χ0) is 10.9. The van der Waals surface area contributed by atoms with Crippen molar-refractivity contribution in [3.05, 3.63) is 0 Å². The maximum absolute atomic E-state index is 9.64. The molecular weight excluding hydrogens is 183 g/mol. The fourth-order valence-corrected chi connectivity index (χ4v) is 0.214. The second kappa shape index (κ2) is 10.0. The van der Waals surface area contributed by atoms with Crippen LogP contribution in [0.15, 0.2) is 0 Å². The summed E-state index contributed by atoms with van der Waals surface area (Å²) in [5, 5.41) is 15.8. The van der Waals surface area contributed by atoms with Crippen LogP contribution in [0.1, 0.15) is 26.7 Å². The molecule has 2 N–H and O–H groups in total. The second-order valence-electron chi connectivity index (χ2n) is 3.09. The standard InChI is InChI=1S/C4H6O4.C4H9.Na/c5-3(6)1-2-4(7)8;1-4(2)3;/h1-2H2,(H,5,6)(H,7,8);4H,1H2,2-3H3;. The van der Waals surface area contributed by atoms with E-state index in [1.54, 1.807) is 0 Å². The first-order valence-corrected chi connectivity index (χ1v) is 5.75. The first-order valence-electron chi connectivity index (χ1n) is 4.33. The van der Waals surface area contributed by atoms with E-state index in [0.717, 1.165) is 5.92 Å². The number of rotatable bonds is 4. The van der Waals surface area contributed by atoms with E-state index < -0.39 is 11.9 Å². The number of carbonyl (C=O) groups is 2. The van der Waals surface area contributed by atoms with Gasteiger partial charge < -0.3 is 10.2 Å². The smallest absolute Gasteiger partial charge is 0.303 e. The van der Waals surface area contributed by atoms with E-state index in [-0.39, 0.29) is 12.8 Å². The molecule has 0 atom stereocenters. The molecule has 0 saturated carbocycles. The summed E-state index contributed by atoms with van der Waals surface area (Å²) in [5.74, 6) is -1.21. The van der Waals surface area contributed by atoms with Crippen LogP contribution in [0.2, 0.25) is 3.67 Å². The molecule has 0 aliphatic carbocycles. The molecule has 13 heavy (non-hydrogen) atoms. The maximum Gasteiger partial charge on any atom is 0.303 e. The van der Waals surface area contributed by atoms with Crippen LogP contribution in [-0.2, 0) is 9.59 Å². The summed E-state index contributed by atoms with van der Waals surface area (Å²) >= 11 is 1.37. The Labute approximate surface area is 95.7 Å². The third-order valence-electron chi connectivity index (χ3n) is 1.37. The predicted octanol–water partition coefficient (Wildman–Crippen LogP) is 1.16. The van der Waals surface area contributed by atoms with Crippen molar-refractivity contribution in [2.24, 2.45) is 5.92 Å². The van der Waals surface area contributed by atoms with Crippen LogP contribution in [0.3, 0.4) is 0 Å². The Morgan fingerprint density at radius 2 is 1.38 bits per heavy atom. The molecule has 0 rings (SSSR count). The maximum atomic E-state index is 9.64. The van der Waals surface area contributed by atoms with Crippen molar-refractivity contribution in [2.45, 2.75) is 30.4 Å². The van der Waals surface area contributed by atoms with Crippen molar-refractivity contribution < 1.29 is 19.8 Å². The van der Waals surface area contributed by atoms with Crippen molar-refractivity contribution in [2.75, 3.05) is 0 Å². The van der Waals surface area contributed by atoms with Gasteiger partial charge in [-0.15, -0.1) is 0 Å². The summed E-state index contributed by atoms with van der Waals surface area (Å²) in [7, 11) is 0. The molecule has 0 saturated heterocycles. The molecule has 72 valence electrons. The Morgan fingerprint density at radius 1 is 1.15 bits per heavy atom. The van der Waals surface area contributed by atoms with Gasteiger partial charge in [-0.1, -0.05) is 0 Å². The van der Waals surface area contributed by atoms with E-state index >= 15 is 0 Å². The van der Waals surface area contributed by atoms with Gasteiger partial charge in [-0.05, 0) is 0 Å². The van der Waals surface area contributed by atoms with Gasteiger partial charge in [0.2, 0.25) is 0 Å². The Hall–Kier alpha value is -0.0600. The van der Waals surface area contributed by atoms with Gasteiger partial charge in [0.05, 0.1) is 12.8 Å². The van der Waals surface area contributed by atoms with Gasteiger partial charge in [-0.3, -0.25) is 9.59 Å². The molecule has 5 heteroatoms. The Bertz CT molecular complexity index is 142. The fraction of sp³-hybridized carbons (Fsp3) is 0.750. The normalized spacial score (nSPS) is 9.00. The van der Waals surface area contributed by atoms with E-state index in [2.05, 4.69) is 13.8 Å². The minimum atomic E-state index is -1.08. The van der Waals surface area contributed by atoms with Crippen LogP contribution in [-0.4, -0.2) is 50.1 Å². The SMILES string of the molecule is CC(C)[CH2][Na].O=C(O)CCC(=O)O. The quantitative estimate of drug-likeness (QED) is 0.665. The number of hydrogen-bond acceptors (Lipinski definition) is 2. The van der Waals surface area contributed by atoms with Crippen molar-refractivity contribution in [1.82, 2.24) is 0 Å². The zero-order valence-electron chi connectivity index (χ0n) is 8.41. The van der Waals surface area contributed by atoms with Gasteiger partial charge in [0.15, 0.2) is 0 Å². The molecule has 0 aliphatic rings. The van der Waals surface area contributed by atoms with Crippen LogP contribution in [0.5, 0.6) is 0 Å². The van der Waals surface area contributed by atoms with Crippen LogP contribution in [0, 0.1) is 5.92 Å². The molecule has 0 aromatic heterocycles. The average Bonchev–Trinajstić information content (AvgIpc) is 2.02. The van der Waals surface area contributed by atoms with Gasteiger partial charge in [-0.25, -0.2) is 0 Å². The van der Waals surface area contributed by atoms with Gasteiger partial charge in [-0.2, -0.15) is 0 Å². The molecule has 0 spiro atoms. The van der Waals surface area contributed by atoms with Crippen molar-refractivity contribution in [1.29, 1.82) is 0 Å². The minimum Gasteiger partial charge on any atom is -0.481 e. The molecule has 0 heterocycles. The van der Waals surface area contributed by atoms with Crippen molar-refractivity contribution >= 4 is 39.9 Å². The van der Waals surface area contributed by atoms with Crippen LogP contribution in [0.4, 0.5) is 0 Å². The third kappa shape index (κ3) is 24.5. The molecule has 0 radical (unpaired) electrons. The molecule has 0 unspecified atom stereocenters. The molecule has 0 aliphatic heterocycles. The average molecular weight is 198 g/mol. The number of aliphatic carboxylic acids is 2. The van der Waals surface area contributed by atoms with Gasteiger partial charge >= 0.3 is 63.3 Å². The minimum absolute atomic E-state index is 0.296. The summed E-state index contributed by atoms with van der Waals surface area (Å²) < 4.78 is 1.44. The van der Waals surface area contributed by atoms with Gasteiger partial charge in [0.25, 0.3) is 0 Å². The first-order chi connectivity index (χ1) is 5.90. The molecule has 0 aromatic rings.